The third kappa shape index (κ3) is 4.19. The first kappa shape index (κ1) is 17.9. The second-order valence-electron chi connectivity index (χ2n) is 6.66. The number of hydrogen-bond donors (Lipinski definition) is 2. The Bertz CT molecular complexity index is 753. The first-order valence-electron chi connectivity index (χ1n) is 8.60. The summed E-state index contributed by atoms with van der Waals surface area (Å²) in [6.45, 7) is 3.90. The monoisotopic (exact) mass is 362 g/mol. The molecule has 0 saturated heterocycles. The molecule has 1 aromatic heterocycles. The molecular formula is C18H23ClN4O2. The van der Waals surface area contributed by atoms with Gasteiger partial charge >= 0.3 is 0 Å². The molecule has 0 atom stereocenters. The van der Waals surface area contributed by atoms with E-state index in [0.717, 1.165) is 31.2 Å². The maximum Gasteiger partial charge on any atom is 0.238 e. The lowest BCUT2D eigenvalue weighted by atomic mass is 9.81. The third-order valence-corrected chi connectivity index (χ3v) is 4.96. The van der Waals surface area contributed by atoms with Crippen molar-refractivity contribution in [1.29, 1.82) is 0 Å². The van der Waals surface area contributed by atoms with Crippen molar-refractivity contribution >= 4 is 23.2 Å². The van der Waals surface area contributed by atoms with Gasteiger partial charge in [0.1, 0.15) is 0 Å². The van der Waals surface area contributed by atoms with Crippen LogP contribution in [0.2, 0.25) is 5.02 Å². The maximum absolute atomic E-state index is 12.4. The molecule has 0 unspecified atom stereocenters. The standard InChI is InChI=1S/C18H23ClN4O2/c1-12-6-7-15(14(19)10-12)22-16(24)11-20-18(8-4-3-5-9-18)17-21-13(2)25-23-17/h6-7,10,20H,3-5,8-9,11H2,1-2H3,(H,22,24). The summed E-state index contributed by atoms with van der Waals surface area (Å²) >= 11 is 6.18. The topological polar surface area (TPSA) is 80.0 Å². The Balaban J connectivity index is 1.67. The Kier molecular flexibility index (Phi) is 5.39. The van der Waals surface area contributed by atoms with E-state index in [0.29, 0.717) is 22.4 Å². The van der Waals surface area contributed by atoms with Crippen LogP contribution in [0.25, 0.3) is 0 Å². The smallest absolute Gasteiger partial charge is 0.238 e. The summed E-state index contributed by atoms with van der Waals surface area (Å²) in [6, 6.07) is 5.56. The second-order valence-corrected chi connectivity index (χ2v) is 7.07. The Hall–Kier alpha value is -1.92. The van der Waals surface area contributed by atoms with Crippen molar-refractivity contribution in [1.82, 2.24) is 15.5 Å². The number of hydrogen-bond acceptors (Lipinski definition) is 5. The van der Waals surface area contributed by atoms with Gasteiger partial charge in [0.25, 0.3) is 0 Å². The number of carbonyl (C=O) groups is 1. The average Bonchev–Trinajstić information content (AvgIpc) is 3.04. The zero-order valence-corrected chi connectivity index (χ0v) is 15.3. The number of anilines is 1. The van der Waals surface area contributed by atoms with Crippen LogP contribution in [-0.2, 0) is 10.3 Å². The van der Waals surface area contributed by atoms with Crippen molar-refractivity contribution < 1.29 is 9.32 Å². The Morgan fingerprint density at radius 2 is 2.04 bits per heavy atom. The molecule has 1 aliphatic carbocycles. The van der Waals surface area contributed by atoms with Crippen LogP contribution in [0.5, 0.6) is 0 Å². The normalized spacial score (nSPS) is 16.6. The largest absolute Gasteiger partial charge is 0.340 e. The molecule has 1 fully saturated rings. The fraction of sp³-hybridized carbons (Fsp3) is 0.500. The Labute approximate surface area is 152 Å². The van der Waals surface area contributed by atoms with E-state index in [1.54, 1.807) is 6.92 Å². The molecule has 6 nitrogen and oxygen atoms in total. The summed E-state index contributed by atoms with van der Waals surface area (Å²) in [7, 11) is 0. The molecule has 1 heterocycles. The van der Waals surface area contributed by atoms with Gasteiger partial charge < -0.3 is 9.84 Å². The second kappa shape index (κ2) is 7.54. The van der Waals surface area contributed by atoms with Crippen LogP contribution in [-0.4, -0.2) is 22.6 Å². The van der Waals surface area contributed by atoms with Crippen LogP contribution in [0.15, 0.2) is 22.7 Å². The number of nitrogens with zero attached hydrogens (tertiary/aromatic N) is 2. The highest BCUT2D eigenvalue weighted by atomic mass is 35.5. The van der Waals surface area contributed by atoms with Gasteiger partial charge in [-0.15, -0.1) is 0 Å². The number of carbonyl (C=O) groups excluding carboxylic acids is 1. The molecule has 0 radical (unpaired) electrons. The van der Waals surface area contributed by atoms with Crippen LogP contribution in [0, 0.1) is 13.8 Å². The lowest BCUT2D eigenvalue weighted by Gasteiger charge is -2.35. The minimum absolute atomic E-state index is 0.143. The van der Waals surface area contributed by atoms with E-state index >= 15 is 0 Å². The summed E-state index contributed by atoms with van der Waals surface area (Å²) in [5.41, 5.74) is 1.27. The van der Waals surface area contributed by atoms with E-state index in [4.69, 9.17) is 16.1 Å². The number of nitrogens with one attached hydrogen (secondary N) is 2. The van der Waals surface area contributed by atoms with E-state index in [-0.39, 0.29) is 12.5 Å². The number of aromatic nitrogens is 2. The van der Waals surface area contributed by atoms with Gasteiger partial charge in [0.15, 0.2) is 5.82 Å². The fourth-order valence-electron chi connectivity index (χ4n) is 3.29. The summed E-state index contributed by atoms with van der Waals surface area (Å²) in [5, 5.41) is 10.9. The van der Waals surface area contributed by atoms with E-state index in [1.807, 2.05) is 25.1 Å². The minimum Gasteiger partial charge on any atom is -0.340 e. The van der Waals surface area contributed by atoms with E-state index in [9.17, 15) is 4.79 Å². The van der Waals surface area contributed by atoms with Crippen molar-refractivity contribution in [2.45, 2.75) is 51.5 Å². The number of halogens is 1. The summed E-state index contributed by atoms with van der Waals surface area (Å²) < 4.78 is 5.15. The Morgan fingerprint density at radius 1 is 1.28 bits per heavy atom. The quantitative estimate of drug-likeness (QED) is 0.847. The highest BCUT2D eigenvalue weighted by Gasteiger charge is 2.38. The molecule has 3 rings (SSSR count). The highest BCUT2D eigenvalue weighted by molar-refractivity contribution is 6.33. The van der Waals surface area contributed by atoms with E-state index in [2.05, 4.69) is 20.8 Å². The van der Waals surface area contributed by atoms with E-state index in [1.165, 1.54) is 6.42 Å². The summed E-state index contributed by atoms with van der Waals surface area (Å²) in [4.78, 5) is 16.8. The fourth-order valence-corrected chi connectivity index (χ4v) is 3.58. The van der Waals surface area contributed by atoms with E-state index < -0.39 is 5.54 Å². The lowest BCUT2D eigenvalue weighted by Crippen LogP contribution is -2.48. The van der Waals surface area contributed by atoms with Gasteiger partial charge in [-0.25, -0.2) is 0 Å². The molecule has 2 aromatic rings. The summed E-state index contributed by atoms with van der Waals surface area (Å²) in [6.07, 6.45) is 5.12. The van der Waals surface area contributed by atoms with Gasteiger partial charge in [0, 0.05) is 6.92 Å². The van der Waals surface area contributed by atoms with Crippen molar-refractivity contribution in [3.8, 4) is 0 Å². The van der Waals surface area contributed by atoms with Crippen LogP contribution in [0.1, 0.15) is 49.4 Å². The SMILES string of the molecule is Cc1ccc(NC(=O)CNC2(c3noc(C)n3)CCCCC2)c(Cl)c1. The van der Waals surface area contributed by atoms with Gasteiger partial charge in [0.2, 0.25) is 11.8 Å². The number of benzene rings is 1. The molecule has 0 bridgehead atoms. The molecule has 134 valence electrons. The van der Waals surface area contributed by atoms with Gasteiger partial charge in [-0.1, -0.05) is 42.1 Å². The van der Waals surface area contributed by atoms with Crippen LogP contribution >= 0.6 is 11.6 Å². The molecule has 1 aromatic carbocycles. The zero-order chi connectivity index (χ0) is 17.9. The van der Waals surface area contributed by atoms with Gasteiger partial charge in [-0.05, 0) is 37.5 Å². The zero-order valence-electron chi connectivity index (χ0n) is 14.6. The van der Waals surface area contributed by atoms with Crippen LogP contribution in [0.3, 0.4) is 0 Å². The molecule has 2 N–H and O–H groups in total. The third-order valence-electron chi connectivity index (χ3n) is 4.65. The number of aryl methyl sites for hydroxylation is 2. The lowest BCUT2D eigenvalue weighted by molar-refractivity contribution is -0.115. The molecule has 1 aliphatic rings. The van der Waals surface area contributed by atoms with Gasteiger partial charge in [0.05, 0.1) is 22.8 Å². The van der Waals surface area contributed by atoms with Gasteiger partial charge in [-0.3, -0.25) is 10.1 Å². The molecule has 0 spiro atoms. The summed E-state index contributed by atoms with van der Waals surface area (Å²) in [5.74, 6) is 1.04. The van der Waals surface area contributed by atoms with Crippen molar-refractivity contribution in [3.63, 3.8) is 0 Å². The van der Waals surface area contributed by atoms with Crippen molar-refractivity contribution in [2.24, 2.45) is 0 Å². The average molecular weight is 363 g/mol. The first-order chi connectivity index (χ1) is 12.0. The highest BCUT2D eigenvalue weighted by Crippen LogP contribution is 2.35. The minimum atomic E-state index is -0.398. The molecule has 1 saturated carbocycles. The molecule has 0 aliphatic heterocycles. The first-order valence-corrected chi connectivity index (χ1v) is 8.98. The molecule has 1 amide bonds. The van der Waals surface area contributed by atoms with Crippen molar-refractivity contribution in [3.05, 3.63) is 40.5 Å². The number of rotatable bonds is 5. The van der Waals surface area contributed by atoms with Crippen LogP contribution < -0.4 is 10.6 Å². The predicted octanol–water partition coefficient (Wildman–Crippen LogP) is 3.73. The maximum atomic E-state index is 12.4. The molecular weight excluding hydrogens is 340 g/mol. The Morgan fingerprint density at radius 3 is 2.68 bits per heavy atom. The van der Waals surface area contributed by atoms with Crippen LogP contribution in [0.4, 0.5) is 5.69 Å². The van der Waals surface area contributed by atoms with Crippen molar-refractivity contribution in [2.75, 3.05) is 11.9 Å². The number of amides is 1. The molecule has 25 heavy (non-hydrogen) atoms. The van der Waals surface area contributed by atoms with Gasteiger partial charge in [-0.2, -0.15) is 4.98 Å². The molecule has 7 heteroatoms. The predicted molar refractivity (Wildman–Crippen MR) is 96.6 cm³/mol.